The minimum Gasteiger partial charge on any atom is -0.312 e. The molecule has 0 radical (unpaired) electrons. The van der Waals surface area contributed by atoms with Gasteiger partial charge in [-0.15, -0.1) is 0 Å². The number of rotatable bonds is 3. The van der Waals surface area contributed by atoms with Crippen LogP contribution < -0.4 is 10.2 Å². The van der Waals surface area contributed by atoms with Crippen LogP contribution in [0.3, 0.4) is 0 Å². The number of aromatic nitrogens is 1. The lowest BCUT2D eigenvalue weighted by Gasteiger charge is -2.16. The Bertz CT molecular complexity index is 734. The molecule has 1 aromatic carbocycles. The van der Waals surface area contributed by atoms with Crippen LogP contribution in [-0.2, 0) is 9.59 Å². The van der Waals surface area contributed by atoms with Gasteiger partial charge in [-0.2, -0.15) is 0 Å². The molecule has 118 valence electrons. The summed E-state index contributed by atoms with van der Waals surface area (Å²) in [5.74, 6) is -0.248. The number of amides is 2. The van der Waals surface area contributed by atoms with Gasteiger partial charge in [0.25, 0.3) is 0 Å². The highest BCUT2D eigenvalue weighted by Crippen LogP contribution is 2.27. The molecular weight excluding hydrogens is 382 g/mol. The standard InChI is InChI=1S/C16H13BrClN3O2/c17-11-1-4-13(5-2-11)21-9-10(7-15(21)22)16(23)20-14-6-3-12(18)8-19-14/h1-6,8,10H,7,9H2,(H,19,20,23). The molecule has 0 saturated carbocycles. The second-order valence-electron chi connectivity index (χ2n) is 5.23. The van der Waals surface area contributed by atoms with Crippen LogP contribution in [0, 0.1) is 5.92 Å². The largest absolute Gasteiger partial charge is 0.312 e. The molecule has 1 unspecified atom stereocenters. The molecule has 1 N–H and O–H groups in total. The van der Waals surface area contributed by atoms with Crippen molar-refractivity contribution >= 4 is 50.9 Å². The Hall–Kier alpha value is -1.92. The molecule has 2 aromatic rings. The van der Waals surface area contributed by atoms with Crippen molar-refractivity contribution in [2.45, 2.75) is 6.42 Å². The third kappa shape index (κ3) is 3.71. The Kier molecular flexibility index (Phi) is 4.63. The number of nitrogens with zero attached hydrogens (tertiary/aromatic N) is 2. The summed E-state index contributed by atoms with van der Waals surface area (Å²) in [6.07, 6.45) is 1.65. The van der Waals surface area contributed by atoms with Crippen LogP contribution in [0.4, 0.5) is 11.5 Å². The predicted octanol–water partition coefficient (Wildman–Crippen LogP) is 3.49. The molecular formula is C16H13BrClN3O2. The van der Waals surface area contributed by atoms with E-state index in [9.17, 15) is 9.59 Å². The highest BCUT2D eigenvalue weighted by atomic mass is 79.9. The lowest BCUT2D eigenvalue weighted by Crippen LogP contribution is -2.28. The molecule has 0 bridgehead atoms. The highest BCUT2D eigenvalue weighted by molar-refractivity contribution is 9.10. The fourth-order valence-electron chi connectivity index (χ4n) is 2.43. The molecule has 1 saturated heterocycles. The van der Waals surface area contributed by atoms with Gasteiger partial charge >= 0.3 is 0 Å². The SMILES string of the molecule is O=C(Nc1ccc(Cl)cn1)C1CC(=O)N(c2ccc(Br)cc2)C1. The number of pyridine rings is 1. The van der Waals surface area contributed by atoms with Crippen molar-refractivity contribution in [1.29, 1.82) is 0 Å². The van der Waals surface area contributed by atoms with Crippen molar-refractivity contribution in [2.24, 2.45) is 5.92 Å². The van der Waals surface area contributed by atoms with E-state index in [4.69, 9.17) is 11.6 Å². The van der Waals surface area contributed by atoms with Crippen molar-refractivity contribution in [3.05, 3.63) is 52.1 Å². The zero-order valence-electron chi connectivity index (χ0n) is 12.0. The van der Waals surface area contributed by atoms with Crippen molar-refractivity contribution in [2.75, 3.05) is 16.8 Å². The summed E-state index contributed by atoms with van der Waals surface area (Å²) in [6, 6.07) is 10.7. The van der Waals surface area contributed by atoms with Gasteiger partial charge in [0.05, 0.1) is 10.9 Å². The summed E-state index contributed by atoms with van der Waals surface area (Å²) < 4.78 is 0.941. The van der Waals surface area contributed by atoms with Crippen LogP contribution in [0.1, 0.15) is 6.42 Å². The first kappa shape index (κ1) is 16.0. The van der Waals surface area contributed by atoms with E-state index < -0.39 is 5.92 Å². The van der Waals surface area contributed by atoms with Crippen LogP contribution in [0.15, 0.2) is 47.1 Å². The number of carbonyl (C=O) groups excluding carboxylic acids is 2. The van der Waals surface area contributed by atoms with Crippen LogP contribution in [-0.4, -0.2) is 23.3 Å². The monoisotopic (exact) mass is 393 g/mol. The summed E-state index contributed by atoms with van der Waals surface area (Å²) >= 11 is 9.13. The molecule has 1 fully saturated rings. The molecule has 1 atom stereocenters. The number of benzene rings is 1. The van der Waals surface area contributed by atoms with Crippen LogP contribution in [0.2, 0.25) is 5.02 Å². The topological polar surface area (TPSA) is 62.3 Å². The lowest BCUT2D eigenvalue weighted by molar-refractivity contribution is -0.122. The molecule has 1 aromatic heterocycles. The van der Waals surface area contributed by atoms with Crippen LogP contribution in [0.5, 0.6) is 0 Å². The number of hydrogen-bond acceptors (Lipinski definition) is 3. The summed E-state index contributed by atoms with van der Waals surface area (Å²) in [7, 11) is 0. The Balaban J connectivity index is 1.68. The molecule has 2 heterocycles. The first-order chi connectivity index (χ1) is 11.0. The second-order valence-corrected chi connectivity index (χ2v) is 6.58. The minimum atomic E-state index is -0.399. The summed E-state index contributed by atoms with van der Waals surface area (Å²) in [5.41, 5.74) is 0.790. The van der Waals surface area contributed by atoms with E-state index in [0.29, 0.717) is 17.4 Å². The fourth-order valence-corrected chi connectivity index (χ4v) is 2.81. The molecule has 1 aliphatic heterocycles. The van der Waals surface area contributed by atoms with Crippen molar-refractivity contribution in [1.82, 2.24) is 4.98 Å². The minimum absolute atomic E-state index is 0.0588. The predicted molar refractivity (Wildman–Crippen MR) is 92.5 cm³/mol. The molecule has 0 aliphatic carbocycles. The number of halogens is 2. The third-order valence-electron chi connectivity index (χ3n) is 3.61. The molecule has 1 aliphatic rings. The number of hydrogen-bond donors (Lipinski definition) is 1. The smallest absolute Gasteiger partial charge is 0.230 e. The Labute approximate surface area is 146 Å². The van der Waals surface area contributed by atoms with Gasteiger partial charge in [0, 0.05) is 29.3 Å². The van der Waals surface area contributed by atoms with Crippen molar-refractivity contribution < 1.29 is 9.59 Å². The van der Waals surface area contributed by atoms with E-state index in [2.05, 4.69) is 26.2 Å². The summed E-state index contributed by atoms with van der Waals surface area (Å²) in [6.45, 7) is 0.361. The molecule has 23 heavy (non-hydrogen) atoms. The van der Waals surface area contributed by atoms with Crippen molar-refractivity contribution in [3.8, 4) is 0 Å². The maximum Gasteiger partial charge on any atom is 0.230 e. The molecule has 2 amide bonds. The second kappa shape index (κ2) is 6.68. The Morgan fingerprint density at radius 3 is 2.65 bits per heavy atom. The van der Waals surface area contributed by atoms with E-state index in [-0.39, 0.29) is 18.2 Å². The van der Waals surface area contributed by atoms with E-state index in [1.807, 2.05) is 24.3 Å². The van der Waals surface area contributed by atoms with E-state index in [1.54, 1.807) is 17.0 Å². The molecule has 5 nitrogen and oxygen atoms in total. The van der Waals surface area contributed by atoms with Gasteiger partial charge in [-0.1, -0.05) is 27.5 Å². The van der Waals surface area contributed by atoms with Crippen molar-refractivity contribution in [3.63, 3.8) is 0 Å². The van der Waals surface area contributed by atoms with E-state index >= 15 is 0 Å². The maximum absolute atomic E-state index is 12.3. The summed E-state index contributed by atoms with van der Waals surface area (Å²) in [5, 5.41) is 3.22. The van der Waals surface area contributed by atoms with Gasteiger partial charge in [0.1, 0.15) is 5.82 Å². The zero-order valence-corrected chi connectivity index (χ0v) is 14.3. The fraction of sp³-hybridized carbons (Fsp3) is 0.188. The average Bonchev–Trinajstić information content (AvgIpc) is 2.92. The lowest BCUT2D eigenvalue weighted by atomic mass is 10.1. The third-order valence-corrected chi connectivity index (χ3v) is 4.37. The van der Waals surface area contributed by atoms with Crippen LogP contribution >= 0.6 is 27.5 Å². The number of nitrogens with one attached hydrogen (secondary N) is 1. The van der Waals surface area contributed by atoms with Gasteiger partial charge in [0.15, 0.2) is 0 Å². The number of anilines is 2. The van der Waals surface area contributed by atoms with Gasteiger partial charge in [-0.05, 0) is 36.4 Å². The normalized spacial score (nSPS) is 17.4. The zero-order chi connectivity index (χ0) is 16.4. The first-order valence-electron chi connectivity index (χ1n) is 7.01. The Morgan fingerprint density at radius 1 is 1.26 bits per heavy atom. The highest BCUT2D eigenvalue weighted by Gasteiger charge is 2.35. The van der Waals surface area contributed by atoms with E-state index in [1.165, 1.54) is 6.20 Å². The average molecular weight is 395 g/mol. The van der Waals surface area contributed by atoms with Crippen LogP contribution in [0.25, 0.3) is 0 Å². The maximum atomic E-state index is 12.3. The van der Waals surface area contributed by atoms with Gasteiger partial charge in [-0.3, -0.25) is 9.59 Å². The van der Waals surface area contributed by atoms with Gasteiger partial charge in [0.2, 0.25) is 11.8 Å². The first-order valence-corrected chi connectivity index (χ1v) is 8.18. The van der Waals surface area contributed by atoms with E-state index in [0.717, 1.165) is 10.2 Å². The van der Waals surface area contributed by atoms with Gasteiger partial charge < -0.3 is 10.2 Å². The summed E-state index contributed by atoms with van der Waals surface area (Å²) in [4.78, 5) is 30.1. The Morgan fingerprint density at radius 2 is 2.00 bits per heavy atom. The molecule has 0 spiro atoms. The number of carbonyl (C=O) groups is 2. The molecule has 7 heteroatoms. The van der Waals surface area contributed by atoms with Gasteiger partial charge in [-0.25, -0.2) is 4.98 Å². The quantitative estimate of drug-likeness (QED) is 0.867. The molecule has 3 rings (SSSR count).